The maximum absolute atomic E-state index is 12.3. The summed E-state index contributed by atoms with van der Waals surface area (Å²) in [5.74, 6) is 0.930. The number of hydrogen-bond acceptors (Lipinski definition) is 6. The van der Waals surface area contributed by atoms with E-state index in [0.717, 1.165) is 6.42 Å². The van der Waals surface area contributed by atoms with Gasteiger partial charge in [-0.05, 0) is 54.8 Å². The van der Waals surface area contributed by atoms with Gasteiger partial charge < -0.3 is 14.2 Å². The highest BCUT2D eigenvalue weighted by Crippen LogP contribution is 2.28. The lowest BCUT2D eigenvalue weighted by Crippen LogP contribution is -2.43. The largest absolute Gasteiger partial charge is 0.493 e. The van der Waals surface area contributed by atoms with E-state index in [4.69, 9.17) is 14.2 Å². The monoisotopic (exact) mass is 442 g/mol. The Morgan fingerprint density at radius 2 is 1.59 bits per heavy atom. The number of amides is 2. The summed E-state index contributed by atoms with van der Waals surface area (Å²) >= 11 is 0. The first-order valence-electron chi connectivity index (χ1n) is 10.5. The molecule has 172 valence electrons. The summed E-state index contributed by atoms with van der Waals surface area (Å²) in [5.41, 5.74) is 5.52. The first kappa shape index (κ1) is 24.7. The maximum atomic E-state index is 12.3. The number of ketones is 1. The van der Waals surface area contributed by atoms with Gasteiger partial charge in [-0.1, -0.05) is 20.8 Å². The molecule has 0 heterocycles. The molecular weight excluding hydrogens is 412 g/mol. The lowest BCUT2D eigenvalue weighted by atomic mass is 10.1. The van der Waals surface area contributed by atoms with Gasteiger partial charge in [-0.2, -0.15) is 0 Å². The Balaban J connectivity index is 1.83. The van der Waals surface area contributed by atoms with E-state index in [-0.39, 0.29) is 12.4 Å². The fourth-order valence-electron chi connectivity index (χ4n) is 2.66. The van der Waals surface area contributed by atoms with Crippen molar-refractivity contribution in [2.24, 2.45) is 5.92 Å². The number of rotatable bonds is 11. The van der Waals surface area contributed by atoms with Crippen molar-refractivity contribution >= 4 is 17.6 Å². The highest BCUT2D eigenvalue weighted by molar-refractivity contribution is 5.96. The van der Waals surface area contributed by atoms with Gasteiger partial charge in [0.05, 0.1) is 13.7 Å². The van der Waals surface area contributed by atoms with Gasteiger partial charge in [0.1, 0.15) is 5.75 Å². The van der Waals surface area contributed by atoms with Gasteiger partial charge in [-0.15, -0.1) is 0 Å². The van der Waals surface area contributed by atoms with Gasteiger partial charge in [0, 0.05) is 17.5 Å². The van der Waals surface area contributed by atoms with Crippen molar-refractivity contribution in [2.75, 3.05) is 20.3 Å². The lowest BCUT2D eigenvalue weighted by Gasteiger charge is -2.13. The quantitative estimate of drug-likeness (QED) is 0.408. The zero-order valence-corrected chi connectivity index (χ0v) is 18.9. The third-order valence-electron chi connectivity index (χ3n) is 4.56. The van der Waals surface area contributed by atoms with Crippen molar-refractivity contribution in [3.8, 4) is 17.2 Å². The minimum Gasteiger partial charge on any atom is -0.493 e. The van der Waals surface area contributed by atoms with Crippen molar-refractivity contribution in [1.82, 2.24) is 10.9 Å². The SMILES string of the molecule is CCC(=O)c1ccc(OCC(=O)NNC(=O)c2ccc(OCCC(C)C)c(OC)c2)cc1. The highest BCUT2D eigenvalue weighted by atomic mass is 16.5. The molecule has 0 aliphatic rings. The Kier molecular flexibility index (Phi) is 9.53. The molecule has 0 aliphatic carbocycles. The minimum absolute atomic E-state index is 0.0313. The number of carbonyl (C=O) groups excluding carboxylic acids is 3. The average Bonchev–Trinajstić information content (AvgIpc) is 2.80. The Bertz CT molecular complexity index is 925. The molecule has 0 aromatic heterocycles. The number of ether oxygens (including phenoxy) is 3. The minimum atomic E-state index is -0.535. The van der Waals surface area contributed by atoms with Crippen LogP contribution in [0.4, 0.5) is 0 Å². The number of benzene rings is 2. The zero-order valence-electron chi connectivity index (χ0n) is 18.9. The van der Waals surface area contributed by atoms with E-state index in [1.54, 1.807) is 49.4 Å². The zero-order chi connectivity index (χ0) is 23.5. The smallest absolute Gasteiger partial charge is 0.276 e. The summed E-state index contributed by atoms with van der Waals surface area (Å²) in [4.78, 5) is 35.9. The van der Waals surface area contributed by atoms with Crippen molar-refractivity contribution in [3.63, 3.8) is 0 Å². The summed E-state index contributed by atoms with van der Waals surface area (Å²) in [5, 5.41) is 0. The van der Waals surface area contributed by atoms with Crippen LogP contribution < -0.4 is 25.1 Å². The molecule has 0 atom stereocenters. The summed E-state index contributed by atoms with van der Waals surface area (Å²) < 4.78 is 16.4. The standard InChI is InChI=1S/C24H30N2O6/c1-5-20(27)17-6-9-19(10-7-17)32-15-23(28)25-26-24(29)18-8-11-21(22(14-18)30-4)31-13-12-16(2)3/h6-11,14,16H,5,12-13,15H2,1-4H3,(H,25,28)(H,26,29). The molecule has 0 saturated carbocycles. The van der Waals surface area contributed by atoms with Gasteiger partial charge in [-0.3, -0.25) is 25.2 Å². The van der Waals surface area contributed by atoms with E-state index < -0.39 is 11.8 Å². The predicted octanol–water partition coefficient (Wildman–Crippen LogP) is 3.55. The number of methoxy groups -OCH3 is 1. The number of carbonyl (C=O) groups is 3. The van der Waals surface area contributed by atoms with Crippen molar-refractivity contribution in [3.05, 3.63) is 53.6 Å². The second-order valence-corrected chi connectivity index (χ2v) is 7.49. The molecule has 0 spiro atoms. The maximum Gasteiger partial charge on any atom is 0.276 e. The normalized spacial score (nSPS) is 10.4. The van der Waals surface area contributed by atoms with Gasteiger partial charge in [0.25, 0.3) is 11.8 Å². The Hall–Kier alpha value is -3.55. The van der Waals surface area contributed by atoms with Crippen LogP contribution in [-0.2, 0) is 4.79 Å². The molecule has 0 radical (unpaired) electrons. The van der Waals surface area contributed by atoms with Crippen molar-refractivity contribution in [2.45, 2.75) is 33.6 Å². The molecule has 2 N–H and O–H groups in total. The summed E-state index contributed by atoms with van der Waals surface area (Å²) in [6, 6.07) is 11.3. The molecule has 2 rings (SSSR count). The molecule has 0 aliphatic heterocycles. The molecule has 0 unspecified atom stereocenters. The van der Waals surface area contributed by atoms with E-state index in [9.17, 15) is 14.4 Å². The fraction of sp³-hybridized carbons (Fsp3) is 0.375. The second kappa shape index (κ2) is 12.3. The van der Waals surface area contributed by atoms with Crippen molar-refractivity contribution in [1.29, 1.82) is 0 Å². The molecule has 8 heteroatoms. The molecule has 32 heavy (non-hydrogen) atoms. The Labute approximate surface area is 188 Å². The molecule has 2 amide bonds. The van der Waals surface area contributed by atoms with Gasteiger partial charge in [0.15, 0.2) is 23.9 Å². The molecule has 0 fully saturated rings. The average molecular weight is 443 g/mol. The Morgan fingerprint density at radius 3 is 2.22 bits per heavy atom. The molecule has 0 saturated heterocycles. The Morgan fingerprint density at radius 1 is 0.906 bits per heavy atom. The summed E-state index contributed by atoms with van der Waals surface area (Å²) in [7, 11) is 1.50. The third-order valence-corrected chi connectivity index (χ3v) is 4.56. The van der Waals surface area contributed by atoms with E-state index in [0.29, 0.717) is 47.3 Å². The topological polar surface area (TPSA) is 103 Å². The van der Waals surface area contributed by atoms with Crippen LogP contribution in [0.25, 0.3) is 0 Å². The second-order valence-electron chi connectivity index (χ2n) is 7.49. The van der Waals surface area contributed by atoms with E-state index in [2.05, 4.69) is 24.7 Å². The van der Waals surface area contributed by atoms with E-state index in [1.165, 1.54) is 7.11 Å². The van der Waals surface area contributed by atoms with Crippen LogP contribution in [0.3, 0.4) is 0 Å². The number of nitrogens with one attached hydrogen (secondary N) is 2. The molecule has 2 aromatic rings. The van der Waals surface area contributed by atoms with Crippen LogP contribution in [-0.4, -0.2) is 37.9 Å². The molecule has 2 aromatic carbocycles. The van der Waals surface area contributed by atoms with Crippen LogP contribution in [0.5, 0.6) is 17.2 Å². The first-order valence-corrected chi connectivity index (χ1v) is 10.5. The number of Topliss-reactive ketones (excluding diaryl/α,β-unsaturated/α-hetero) is 1. The fourth-order valence-corrected chi connectivity index (χ4v) is 2.66. The summed E-state index contributed by atoms with van der Waals surface area (Å²) in [6.07, 6.45) is 1.32. The van der Waals surface area contributed by atoms with Gasteiger partial charge in [-0.25, -0.2) is 0 Å². The number of hydrogen-bond donors (Lipinski definition) is 2. The van der Waals surface area contributed by atoms with Gasteiger partial charge in [0.2, 0.25) is 0 Å². The van der Waals surface area contributed by atoms with Crippen LogP contribution in [0.1, 0.15) is 54.3 Å². The van der Waals surface area contributed by atoms with Gasteiger partial charge >= 0.3 is 0 Å². The molecule has 8 nitrogen and oxygen atoms in total. The molecule has 0 bridgehead atoms. The van der Waals surface area contributed by atoms with Crippen LogP contribution in [0.2, 0.25) is 0 Å². The first-order chi connectivity index (χ1) is 15.3. The van der Waals surface area contributed by atoms with E-state index in [1.807, 2.05) is 0 Å². The van der Waals surface area contributed by atoms with E-state index >= 15 is 0 Å². The van der Waals surface area contributed by atoms with Crippen LogP contribution >= 0.6 is 0 Å². The summed E-state index contributed by atoms with van der Waals surface area (Å²) in [6.45, 7) is 6.26. The van der Waals surface area contributed by atoms with Crippen molar-refractivity contribution < 1.29 is 28.6 Å². The van der Waals surface area contributed by atoms with Crippen LogP contribution in [0.15, 0.2) is 42.5 Å². The lowest BCUT2D eigenvalue weighted by molar-refractivity contribution is -0.123. The molecular formula is C24H30N2O6. The third kappa shape index (κ3) is 7.61. The number of hydrazine groups is 1. The van der Waals surface area contributed by atoms with Crippen LogP contribution in [0, 0.1) is 5.92 Å². The predicted molar refractivity (Wildman–Crippen MR) is 120 cm³/mol. The highest BCUT2D eigenvalue weighted by Gasteiger charge is 2.13.